The van der Waals surface area contributed by atoms with E-state index in [-0.39, 0.29) is 17.1 Å². The van der Waals surface area contributed by atoms with Crippen LogP contribution in [0.25, 0.3) is 11.4 Å². The average Bonchev–Trinajstić information content (AvgIpc) is 3.00. The first-order chi connectivity index (χ1) is 12.0. The molecule has 0 fully saturated rings. The lowest BCUT2D eigenvalue weighted by molar-refractivity contribution is -0.128. The molecule has 0 saturated carbocycles. The monoisotopic (exact) mass is 363 g/mol. The molecule has 0 unspecified atom stereocenters. The lowest BCUT2D eigenvalue weighted by atomic mass is 10.1. The molecular formula is C17H25N5O2S. The summed E-state index contributed by atoms with van der Waals surface area (Å²) in [4.78, 5) is 18.2. The Hall–Kier alpha value is -1.93. The zero-order chi connectivity index (χ0) is 18.4. The molecule has 0 spiro atoms. The Kier molecular flexibility index (Phi) is 6.95. The van der Waals surface area contributed by atoms with Crippen LogP contribution in [0, 0.1) is 5.92 Å². The number of carbonyl (C=O) groups excluding carboxylic acids is 1. The minimum atomic E-state index is -0.217. The first-order valence-corrected chi connectivity index (χ1v) is 9.04. The summed E-state index contributed by atoms with van der Waals surface area (Å²) in [5, 5.41) is 9.18. The van der Waals surface area contributed by atoms with Crippen molar-refractivity contribution in [3.8, 4) is 11.4 Å². The molecule has 2 rings (SSSR count). The number of aromatic nitrogens is 4. The molecule has 2 heterocycles. The number of ether oxygens (including phenoxy) is 1. The number of hydrogen-bond donors (Lipinski definition) is 0. The third-order valence-corrected chi connectivity index (χ3v) is 5.21. The van der Waals surface area contributed by atoms with Gasteiger partial charge in [0.25, 0.3) is 0 Å². The van der Waals surface area contributed by atoms with Crippen LogP contribution in [0.2, 0.25) is 0 Å². The molecule has 0 bridgehead atoms. The van der Waals surface area contributed by atoms with Crippen molar-refractivity contribution >= 4 is 17.7 Å². The second-order valence-corrected chi connectivity index (χ2v) is 7.31. The van der Waals surface area contributed by atoms with Crippen molar-refractivity contribution in [3.05, 3.63) is 24.5 Å². The fourth-order valence-electron chi connectivity index (χ4n) is 2.31. The van der Waals surface area contributed by atoms with Gasteiger partial charge in [0.15, 0.2) is 11.0 Å². The molecule has 8 heteroatoms. The third-order valence-electron chi connectivity index (χ3n) is 3.70. The number of amides is 1. The zero-order valence-corrected chi connectivity index (χ0v) is 16.2. The summed E-state index contributed by atoms with van der Waals surface area (Å²) in [5.41, 5.74) is 0.936. The molecule has 0 N–H and O–H groups in total. The van der Waals surface area contributed by atoms with Gasteiger partial charge in [-0.25, -0.2) is 0 Å². The lowest BCUT2D eigenvalue weighted by Gasteiger charge is -2.23. The summed E-state index contributed by atoms with van der Waals surface area (Å²) in [6, 6.07) is 3.79. The van der Waals surface area contributed by atoms with Gasteiger partial charge in [0.2, 0.25) is 5.91 Å². The van der Waals surface area contributed by atoms with E-state index in [4.69, 9.17) is 4.74 Å². The van der Waals surface area contributed by atoms with Crippen LogP contribution in [0.3, 0.4) is 0 Å². The number of pyridine rings is 1. The third kappa shape index (κ3) is 4.79. The highest BCUT2D eigenvalue weighted by atomic mass is 32.2. The fourth-order valence-corrected chi connectivity index (χ4v) is 3.52. The lowest BCUT2D eigenvalue weighted by Crippen LogP contribution is -2.35. The maximum absolute atomic E-state index is 12.5. The van der Waals surface area contributed by atoms with Crippen LogP contribution in [0.4, 0.5) is 0 Å². The first-order valence-electron chi connectivity index (χ1n) is 8.16. The van der Waals surface area contributed by atoms with Crippen LogP contribution in [0.15, 0.2) is 29.7 Å². The zero-order valence-electron chi connectivity index (χ0n) is 15.3. The van der Waals surface area contributed by atoms with Crippen LogP contribution in [0.5, 0.6) is 0 Å². The van der Waals surface area contributed by atoms with Crippen LogP contribution >= 0.6 is 11.8 Å². The summed E-state index contributed by atoms with van der Waals surface area (Å²) in [5.74, 6) is 1.00. The molecule has 0 saturated heterocycles. The van der Waals surface area contributed by atoms with Gasteiger partial charge in [-0.1, -0.05) is 25.6 Å². The van der Waals surface area contributed by atoms with Crippen molar-refractivity contribution in [1.82, 2.24) is 24.6 Å². The standard InChI is InChI=1S/C17H25N5O2S/c1-12(2)14(16(23)21(3)4)25-17-20-19-15(22(17)10-11-24-5)13-6-8-18-9-7-13/h6-9,12,14H,10-11H2,1-5H3/t14-/m0/s1. The van der Waals surface area contributed by atoms with Gasteiger partial charge in [0, 0.05) is 39.2 Å². The predicted octanol–water partition coefficient (Wildman–Crippen LogP) is 2.19. The average molecular weight is 363 g/mol. The smallest absolute Gasteiger partial charge is 0.235 e. The van der Waals surface area contributed by atoms with E-state index in [1.54, 1.807) is 38.5 Å². The summed E-state index contributed by atoms with van der Waals surface area (Å²) < 4.78 is 7.23. The molecule has 136 valence electrons. The largest absolute Gasteiger partial charge is 0.383 e. The molecular weight excluding hydrogens is 338 g/mol. The molecule has 1 amide bonds. The van der Waals surface area contributed by atoms with E-state index in [9.17, 15) is 4.79 Å². The van der Waals surface area contributed by atoms with Gasteiger partial charge in [-0.15, -0.1) is 10.2 Å². The topological polar surface area (TPSA) is 73.1 Å². The number of hydrogen-bond acceptors (Lipinski definition) is 6. The van der Waals surface area contributed by atoms with Crippen molar-refractivity contribution < 1.29 is 9.53 Å². The van der Waals surface area contributed by atoms with Crippen LogP contribution < -0.4 is 0 Å². The van der Waals surface area contributed by atoms with Crippen LogP contribution in [-0.2, 0) is 16.1 Å². The summed E-state index contributed by atoms with van der Waals surface area (Å²) >= 11 is 1.45. The maximum atomic E-state index is 12.5. The highest BCUT2D eigenvalue weighted by Crippen LogP contribution is 2.30. The van der Waals surface area contributed by atoms with Gasteiger partial charge in [-0.3, -0.25) is 14.3 Å². The summed E-state index contributed by atoms with van der Waals surface area (Å²) in [7, 11) is 5.21. The van der Waals surface area contributed by atoms with Crippen molar-refractivity contribution in [2.45, 2.75) is 30.8 Å². The molecule has 2 aromatic heterocycles. The summed E-state index contributed by atoms with van der Waals surface area (Å²) in [6.07, 6.45) is 3.45. The normalized spacial score (nSPS) is 12.4. The fraction of sp³-hybridized carbons (Fsp3) is 0.529. The van der Waals surface area contributed by atoms with Gasteiger partial charge in [0.05, 0.1) is 18.4 Å². The molecule has 2 aromatic rings. The van der Waals surface area contributed by atoms with E-state index in [1.807, 2.05) is 30.5 Å². The minimum Gasteiger partial charge on any atom is -0.383 e. The van der Waals surface area contributed by atoms with Gasteiger partial charge >= 0.3 is 0 Å². The van der Waals surface area contributed by atoms with E-state index in [2.05, 4.69) is 15.2 Å². The molecule has 1 atom stereocenters. The van der Waals surface area contributed by atoms with Gasteiger partial charge in [0.1, 0.15) is 0 Å². The highest BCUT2D eigenvalue weighted by molar-refractivity contribution is 8.00. The van der Waals surface area contributed by atoms with Gasteiger partial charge in [-0.05, 0) is 18.1 Å². The molecule has 0 aromatic carbocycles. The van der Waals surface area contributed by atoms with E-state index in [0.717, 1.165) is 16.5 Å². The Labute approximate surface area is 152 Å². The Balaban J connectivity index is 2.36. The second-order valence-electron chi connectivity index (χ2n) is 6.20. The summed E-state index contributed by atoms with van der Waals surface area (Å²) in [6.45, 7) is 5.24. The molecule has 7 nitrogen and oxygen atoms in total. The first kappa shape index (κ1) is 19.4. The Morgan fingerprint density at radius 1 is 1.28 bits per heavy atom. The number of methoxy groups -OCH3 is 1. The van der Waals surface area contributed by atoms with E-state index in [1.165, 1.54) is 11.8 Å². The van der Waals surface area contributed by atoms with Crippen molar-refractivity contribution in [2.75, 3.05) is 27.8 Å². The van der Waals surface area contributed by atoms with Crippen molar-refractivity contribution in [1.29, 1.82) is 0 Å². The number of rotatable bonds is 8. The SMILES string of the molecule is COCCn1c(S[C@H](C(=O)N(C)C)C(C)C)nnc1-c1ccncc1. The Morgan fingerprint density at radius 2 is 1.96 bits per heavy atom. The predicted molar refractivity (Wildman–Crippen MR) is 98.3 cm³/mol. The van der Waals surface area contributed by atoms with Crippen LogP contribution in [0.1, 0.15) is 13.8 Å². The van der Waals surface area contributed by atoms with Crippen LogP contribution in [-0.4, -0.2) is 63.6 Å². The minimum absolute atomic E-state index is 0.0757. The molecule has 0 aliphatic heterocycles. The number of thioether (sulfide) groups is 1. The van der Waals surface area contributed by atoms with E-state index >= 15 is 0 Å². The molecule has 0 aliphatic carbocycles. The molecule has 0 radical (unpaired) electrons. The van der Waals surface area contributed by atoms with Gasteiger partial charge in [-0.2, -0.15) is 0 Å². The maximum Gasteiger partial charge on any atom is 0.235 e. The number of carbonyl (C=O) groups is 1. The van der Waals surface area contributed by atoms with Gasteiger partial charge < -0.3 is 9.64 Å². The number of nitrogens with zero attached hydrogens (tertiary/aromatic N) is 5. The molecule has 0 aliphatic rings. The Bertz CT molecular complexity index is 688. The second kappa shape index (κ2) is 8.96. The molecule has 25 heavy (non-hydrogen) atoms. The Morgan fingerprint density at radius 3 is 2.52 bits per heavy atom. The van der Waals surface area contributed by atoms with Crippen molar-refractivity contribution in [2.24, 2.45) is 5.92 Å². The quantitative estimate of drug-likeness (QED) is 0.670. The van der Waals surface area contributed by atoms with Crippen molar-refractivity contribution in [3.63, 3.8) is 0 Å². The van der Waals surface area contributed by atoms with E-state index in [0.29, 0.717) is 13.2 Å². The van der Waals surface area contributed by atoms with E-state index < -0.39 is 0 Å². The highest BCUT2D eigenvalue weighted by Gasteiger charge is 2.28.